The van der Waals surface area contributed by atoms with Crippen molar-refractivity contribution in [1.82, 2.24) is 15.4 Å². The van der Waals surface area contributed by atoms with E-state index in [4.69, 9.17) is 4.52 Å². The minimum absolute atomic E-state index is 0.259. The summed E-state index contributed by atoms with van der Waals surface area (Å²) in [5.41, 5.74) is 0.259. The molecule has 0 unspecified atom stereocenters. The number of carbonyl (C=O) groups excluding carboxylic acids is 1. The Morgan fingerprint density at radius 1 is 1.32 bits per heavy atom. The first-order chi connectivity index (χ1) is 10.6. The highest BCUT2D eigenvalue weighted by Crippen LogP contribution is 2.20. The van der Waals surface area contributed by atoms with E-state index in [1.54, 1.807) is 19.1 Å². The van der Waals surface area contributed by atoms with Gasteiger partial charge >= 0.3 is 0 Å². The first kappa shape index (κ1) is 14.5. The Kier molecular flexibility index (Phi) is 4.04. The number of rotatable bonds is 3. The van der Waals surface area contributed by atoms with Crippen LogP contribution >= 0.6 is 0 Å². The van der Waals surface area contributed by atoms with Crippen molar-refractivity contribution in [2.24, 2.45) is 5.92 Å². The number of carbonyl (C=O) groups is 1. The maximum Gasteiger partial charge on any atom is 0.277 e. The number of nitrogens with one attached hydrogen (secondary N) is 1. The van der Waals surface area contributed by atoms with E-state index in [1.165, 1.54) is 0 Å². The number of nitrogens with zero attached hydrogens (tertiary/aromatic N) is 4. The predicted octanol–water partition coefficient (Wildman–Crippen LogP) is 2.26. The van der Waals surface area contributed by atoms with Gasteiger partial charge in [-0.1, -0.05) is 12.1 Å². The molecule has 1 amide bonds. The highest BCUT2D eigenvalue weighted by Gasteiger charge is 2.18. The van der Waals surface area contributed by atoms with E-state index >= 15 is 0 Å². The fraction of sp³-hybridized carbons (Fsp3) is 0.467. The Bertz CT molecular complexity index is 644. The Hall–Kier alpha value is -2.44. The van der Waals surface area contributed by atoms with Crippen LogP contribution in [0.1, 0.15) is 36.0 Å². The van der Waals surface area contributed by atoms with Gasteiger partial charge in [0.1, 0.15) is 5.76 Å². The molecule has 1 fully saturated rings. The first-order valence-corrected chi connectivity index (χ1v) is 7.45. The van der Waals surface area contributed by atoms with Crippen molar-refractivity contribution < 1.29 is 9.32 Å². The molecule has 116 valence electrons. The molecule has 2 aromatic rings. The highest BCUT2D eigenvalue weighted by atomic mass is 16.5. The van der Waals surface area contributed by atoms with E-state index < -0.39 is 0 Å². The second-order valence-electron chi connectivity index (χ2n) is 5.72. The summed E-state index contributed by atoms with van der Waals surface area (Å²) in [6.45, 7) is 6.00. The van der Waals surface area contributed by atoms with Gasteiger partial charge in [0.05, 0.1) is 0 Å². The molecule has 0 atom stereocenters. The monoisotopic (exact) mass is 301 g/mol. The van der Waals surface area contributed by atoms with Crippen molar-refractivity contribution in [3.8, 4) is 0 Å². The molecule has 0 aliphatic carbocycles. The minimum Gasteiger partial charge on any atom is -0.360 e. The average molecular weight is 301 g/mol. The van der Waals surface area contributed by atoms with E-state index in [9.17, 15) is 4.79 Å². The lowest BCUT2D eigenvalue weighted by Crippen LogP contribution is -2.33. The molecule has 0 saturated carbocycles. The fourth-order valence-electron chi connectivity index (χ4n) is 2.46. The van der Waals surface area contributed by atoms with E-state index in [-0.39, 0.29) is 11.6 Å². The van der Waals surface area contributed by atoms with Crippen LogP contribution in [-0.2, 0) is 0 Å². The van der Waals surface area contributed by atoms with E-state index in [1.807, 2.05) is 6.07 Å². The third-order valence-corrected chi connectivity index (χ3v) is 3.86. The summed E-state index contributed by atoms with van der Waals surface area (Å²) in [5.74, 6) is 2.25. The Morgan fingerprint density at radius 3 is 2.68 bits per heavy atom. The summed E-state index contributed by atoms with van der Waals surface area (Å²) in [6.07, 6.45) is 2.32. The zero-order chi connectivity index (χ0) is 15.5. The zero-order valence-corrected chi connectivity index (χ0v) is 12.7. The van der Waals surface area contributed by atoms with Gasteiger partial charge in [-0.2, -0.15) is 0 Å². The summed E-state index contributed by atoms with van der Waals surface area (Å²) in [7, 11) is 0. The number of hydrogen-bond donors (Lipinski definition) is 1. The fourth-order valence-corrected chi connectivity index (χ4v) is 2.46. The average Bonchev–Trinajstić information content (AvgIpc) is 2.93. The second-order valence-corrected chi connectivity index (χ2v) is 5.72. The second kappa shape index (κ2) is 6.13. The largest absolute Gasteiger partial charge is 0.360 e. The maximum atomic E-state index is 12.0. The quantitative estimate of drug-likeness (QED) is 0.936. The van der Waals surface area contributed by atoms with Crippen molar-refractivity contribution in [3.05, 3.63) is 29.7 Å². The molecule has 1 saturated heterocycles. The standard InChI is InChI=1S/C15H19N5O2/c1-10-5-7-20(8-6-10)14-4-3-12(17-18-14)15(21)16-13-9-11(2)22-19-13/h3-4,9-10H,5-8H2,1-2H3,(H,16,19,21). The molecule has 3 rings (SSSR count). The molecule has 1 N–H and O–H groups in total. The third kappa shape index (κ3) is 3.24. The van der Waals surface area contributed by atoms with E-state index in [0.29, 0.717) is 11.6 Å². The van der Waals surface area contributed by atoms with Crippen molar-refractivity contribution >= 4 is 17.5 Å². The van der Waals surface area contributed by atoms with Gasteiger partial charge in [0, 0.05) is 19.2 Å². The highest BCUT2D eigenvalue weighted by molar-refractivity contribution is 6.02. The lowest BCUT2D eigenvalue weighted by atomic mass is 9.99. The molecule has 0 bridgehead atoms. The molecule has 0 radical (unpaired) electrons. The van der Waals surface area contributed by atoms with Gasteiger partial charge in [-0.15, -0.1) is 10.2 Å². The molecule has 3 heterocycles. The van der Waals surface area contributed by atoms with Gasteiger partial charge < -0.3 is 14.7 Å². The van der Waals surface area contributed by atoms with Crippen molar-refractivity contribution in [1.29, 1.82) is 0 Å². The van der Waals surface area contributed by atoms with E-state index in [0.717, 1.165) is 37.7 Å². The molecule has 1 aliphatic heterocycles. The molecular weight excluding hydrogens is 282 g/mol. The summed E-state index contributed by atoms with van der Waals surface area (Å²) < 4.78 is 4.90. The predicted molar refractivity (Wildman–Crippen MR) is 81.8 cm³/mol. The van der Waals surface area contributed by atoms with E-state index in [2.05, 4.69) is 32.5 Å². The van der Waals surface area contributed by atoms with Crippen molar-refractivity contribution in [3.63, 3.8) is 0 Å². The van der Waals surface area contributed by atoms with Crippen LogP contribution in [0.3, 0.4) is 0 Å². The van der Waals surface area contributed by atoms with Crippen LogP contribution in [0.25, 0.3) is 0 Å². The summed E-state index contributed by atoms with van der Waals surface area (Å²) in [5, 5.41) is 14.5. The zero-order valence-electron chi connectivity index (χ0n) is 12.7. The number of hydrogen-bond acceptors (Lipinski definition) is 6. The summed E-state index contributed by atoms with van der Waals surface area (Å²) >= 11 is 0. The number of aromatic nitrogens is 3. The third-order valence-electron chi connectivity index (χ3n) is 3.86. The lowest BCUT2D eigenvalue weighted by molar-refractivity contribution is 0.102. The van der Waals surface area contributed by atoms with Crippen LogP contribution in [0.15, 0.2) is 22.7 Å². The van der Waals surface area contributed by atoms with Crippen LogP contribution in [0.5, 0.6) is 0 Å². The minimum atomic E-state index is -0.348. The van der Waals surface area contributed by atoms with Crippen LogP contribution in [-0.4, -0.2) is 34.4 Å². The van der Waals surface area contributed by atoms with Crippen molar-refractivity contribution in [2.75, 3.05) is 23.3 Å². The Morgan fingerprint density at radius 2 is 2.09 bits per heavy atom. The molecule has 7 nitrogen and oxygen atoms in total. The smallest absolute Gasteiger partial charge is 0.277 e. The van der Waals surface area contributed by atoms with Gasteiger partial charge in [0.2, 0.25) is 0 Å². The van der Waals surface area contributed by atoms with Crippen LogP contribution in [0.2, 0.25) is 0 Å². The van der Waals surface area contributed by atoms with Crippen LogP contribution in [0.4, 0.5) is 11.6 Å². The Labute approximate surface area is 128 Å². The topological polar surface area (TPSA) is 84.2 Å². The number of amides is 1. The lowest BCUT2D eigenvalue weighted by Gasteiger charge is -2.30. The molecule has 22 heavy (non-hydrogen) atoms. The molecule has 1 aliphatic rings. The SMILES string of the molecule is Cc1cc(NC(=O)c2ccc(N3CCC(C)CC3)nn2)no1. The molecule has 7 heteroatoms. The number of anilines is 2. The van der Waals surface area contributed by atoms with Gasteiger partial charge in [0.25, 0.3) is 5.91 Å². The van der Waals surface area contributed by atoms with Crippen LogP contribution in [0, 0.1) is 12.8 Å². The maximum absolute atomic E-state index is 12.0. The number of aryl methyl sites for hydroxylation is 1. The van der Waals surface area contributed by atoms with Gasteiger partial charge in [-0.3, -0.25) is 4.79 Å². The number of piperidine rings is 1. The summed E-state index contributed by atoms with van der Waals surface area (Å²) in [4.78, 5) is 14.2. The molecule has 0 spiro atoms. The van der Waals surface area contributed by atoms with Gasteiger partial charge in [-0.05, 0) is 37.8 Å². The van der Waals surface area contributed by atoms with Gasteiger partial charge in [-0.25, -0.2) is 0 Å². The van der Waals surface area contributed by atoms with Gasteiger partial charge in [0.15, 0.2) is 17.3 Å². The van der Waals surface area contributed by atoms with Crippen molar-refractivity contribution in [2.45, 2.75) is 26.7 Å². The normalized spacial score (nSPS) is 15.8. The Balaban J connectivity index is 1.64. The summed E-state index contributed by atoms with van der Waals surface area (Å²) in [6, 6.07) is 5.17. The van der Waals surface area contributed by atoms with Crippen LogP contribution < -0.4 is 10.2 Å². The molecule has 0 aromatic carbocycles. The molecule has 2 aromatic heterocycles. The first-order valence-electron chi connectivity index (χ1n) is 7.45. The molecular formula is C15H19N5O2.